The standard InChI is InChI=1S/C12H15N5O/c1-3-8-7-10(17-13)16-12(14-8)9-5-4-6-11(15-9)18-2/h4-7H,3,13H2,1-2H3,(H,14,16,17). The van der Waals surface area contributed by atoms with Gasteiger partial charge in [-0.2, -0.15) is 0 Å². The Kier molecular flexibility index (Phi) is 3.69. The van der Waals surface area contributed by atoms with Gasteiger partial charge >= 0.3 is 0 Å². The fourth-order valence-corrected chi connectivity index (χ4v) is 1.52. The first-order valence-corrected chi connectivity index (χ1v) is 5.62. The molecule has 18 heavy (non-hydrogen) atoms. The molecule has 2 heterocycles. The highest BCUT2D eigenvalue weighted by atomic mass is 16.5. The first-order valence-electron chi connectivity index (χ1n) is 5.62. The molecule has 2 aromatic rings. The van der Waals surface area contributed by atoms with Gasteiger partial charge in [-0.25, -0.2) is 20.8 Å². The van der Waals surface area contributed by atoms with Crippen LogP contribution in [-0.4, -0.2) is 22.1 Å². The van der Waals surface area contributed by atoms with Gasteiger partial charge in [0.2, 0.25) is 5.88 Å². The van der Waals surface area contributed by atoms with Crippen LogP contribution in [0, 0.1) is 0 Å². The Morgan fingerprint density at radius 3 is 2.78 bits per heavy atom. The van der Waals surface area contributed by atoms with Crippen molar-refractivity contribution >= 4 is 5.82 Å². The number of ether oxygens (including phenoxy) is 1. The molecular formula is C12H15N5O. The lowest BCUT2D eigenvalue weighted by atomic mass is 10.3. The minimum absolute atomic E-state index is 0.528. The van der Waals surface area contributed by atoms with Gasteiger partial charge in [-0.1, -0.05) is 13.0 Å². The Hall–Kier alpha value is -2.21. The van der Waals surface area contributed by atoms with Gasteiger partial charge in [0.25, 0.3) is 0 Å². The molecule has 0 radical (unpaired) electrons. The number of aryl methyl sites for hydroxylation is 1. The van der Waals surface area contributed by atoms with Gasteiger partial charge in [0.1, 0.15) is 11.5 Å². The summed E-state index contributed by atoms with van der Waals surface area (Å²) in [5, 5.41) is 0. The third kappa shape index (κ3) is 2.54. The Morgan fingerprint density at radius 1 is 1.28 bits per heavy atom. The van der Waals surface area contributed by atoms with Gasteiger partial charge in [-0.15, -0.1) is 0 Å². The van der Waals surface area contributed by atoms with Crippen molar-refractivity contribution in [3.63, 3.8) is 0 Å². The predicted molar refractivity (Wildman–Crippen MR) is 69.0 cm³/mol. The Balaban J connectivity index is 2.48. The maximum absolute atomic E-state index is 5.39. The van der Waals surface area contributed by atoms with Gasteiger partial charge in [0, 0.05) is 17.8 Å². The highest BCUT2D eigenvalue weighted by molar-refractivity contribution is 5.53. The molecule has 0 saturated carbocycles. The number of methoxy groups -OCH3 is 1. The minimum Gasteiger partial charge on any atom is -0.481 e. The zero-order chi connectivity index (χ0) is 13.0. The number of rotatable bonds is 4. The van der Waals surface area contributed by atoms with Crippen LogP contribution in [0.2, 0.25) is 0 Å². The maximum Gasteiger partial charge on any atom is 0.213 e. The molecule has 0 fully saturated rings. The topological polar surface area (TPSA) is 86.0 Å². The quantitative estimate of drug-likeness (QED) is 0.625. The van der Waals surface area contributed by atoms with E-state index in [2.05, 4.69) is 20.4 Å². The van der Waals surface area contributed by atoms with Gasteiger partial charge in [-0.3, -0.25) is 0 Å². The van der Waals surface area contributed by atoms with Crippen molar-refractivity contribution in [1.29, 1.82) is 0 Å². The number of nitrogens with zero attached hydrogens (tertiary/aromatic N) is 3. The molecule has 2 aromatic heterocycles. The van der Waals surface area contributed by atoms with E-state index in [1.54, 1.807) is 13.2 Å². The van der Waals surface area contributed by atoms with Crippen LogP contribution in [0.5, 0.6) is 5.88 Å². The molecule has 0 aliphatic rings. The summed E-state index contributed by atoms with van der Waals surface area (Å²) in [4.78, 5) is 13.0. The molecular weight excluding hydrogens is 230 g/mol. The summed E-state index contributed by atoms with van der Waals surface area (Å²) in [5.74, 6) is 7.02. The van der Waals surface area contributed by atoms with E-state index >= 15 is 0 Å². The summed E-state index contributed by atoms with van der Waals surface area (Å²) >= 11 is 0. The minimum atomic E-state index is 0.528. The Bertz CT molecular complexity index is 521. The molecule has 2 rings (SSSR count). The maximum atomic E-state index is 5.39. The smallest absolute Gasteiger partial charge is 0.213 e. The molecule has 0 aromatic carbocycles. The van der Waals surface area contributed by atoms with E-state index < -0.39 is 0 Å². The van der Waals surface area contributed by atoms with Crippen molar-refractivity contribution < 1.29 is 4.74 Å². The summed E-state index contributed by atoms with van der Waals surface area (Å²) < 4.78 is 5.08. The van der Waals surface area contributed by atoms with E-state index in [0.717, 1.165) is 12.1 Å². The lowest BCUT2D eigenvalue weighted by Crippen LogP contribution is -2.10. The monoisotopic (exact) mass is 245 g/mol. The normalized spacial score (nSPS) is 10.2. The van der Waals surface area contributed by atoms with E-state index in [-0.39, 0.29) is 0 Å². The number of hydrogen-bond acceptors (Lipinski definition) is 6. The van der Waals surface area contributed by atoms with Crippen molar-refractivity contribution in [2.45, 2.75) is 13.3 Å². The zero-order valence-electron chi connectivity index (χ0n) is 10.3. The van der Waals surface area contributed by atoms with Gasteiger partial charge < -0.3 is 10.2 Å². The molecule has 0 aliphatic carbocycles. The summed E-state index contributed by atoms with van der Waals surface area (Å²) in [5.41, 5.74) is 4.08. The molecule has 3 N–H and O–H groups in total. The molecule has 0 bridgehead atoms. The lowest BCUT2D eigenvalue weighted by molar-refractivity contribution is 0.398. The third-order valence-corrected chi connectivity index (χ3v) is 2.45. The summed E-state index contributed by atoms with van der Waals surface area (Å²) in [6.07, 6.45) is 0.800. The second-order valence-corrected chi connectivity index (χ2v) is 3.63. The van der Waals surface area contributed by atoms with Gasteiger partial charge in [-0.05, 0) is 12.5 Å². The van der Waals surface area contributed by atoms with Crippen molar-refractivity contribution in [1.82, 2.24) is 15.0 Å². The molecule has 6 nitrogen and oxygen atoms in total. The Morgan fingerprint density at radius 2 is 2.11 bits per heavy atom. The first-order chi connectivity index (χ1) is 8.76. The number of anilines is 1. The number of hydrazine groups is 1. The molecule has 0 saturated heterocycles. The molecule has 0 spiro atoms. The highest BCUT2D eigenvalue weighted by Gasteiger charge is 2.07. The number of aromatic nitrogens is 3. The number of pyridine rings is 1. The van der Waals surface area contributed by atoms with Gasteiger partial charge in [0.15, 0.2) is 5.82 Å². The molecule has 0 amide bonds. The summed E-state index contributed by atoms with van der Waals surface area (Å²) in [6, 6.07) is 7.26. The van der Waals surface area contributed by atoms with E-state index in [1.807, 2.05) is 25.1 Å². The SMILES string of the molecule is CCc1cc(NN)nc(-c2cccc(OC)n2)n1. The highest BCUT2D eigenvalue weighted by Crippen LogP contribution is 2.18. The number of nitrogen functional groups attached to an aromatic ring is 1. The van der Waals surface area contributed by atoms with Crippen molar-refractivity contribution in [3.8, 4) is 17.4 Å². The van der Waals surface area contributed by atoms with Crippen LogP contribution in [0.25, 0.3) is 11.5 Å². The van der Waals surface area contributed by atoms with Crippen molar-refractivity contribution in [3.05, 3.63) is 30.0 Å². The van der Waals surface area contributed by atoms with Crippen LogP contribution in [0.4, 0.5) is 5.82 Å². The van der Waals surface area contributed by atoms with Crippen LogP contribution in [0.15, 0.2) is 24.3 Å². The Labute approximate surface area is 105 Å². The van der Waals surface area contributed by atoms with E-state index in [9.17, 15) is 0 Å². The zero-order valence-corrected chi connectivity index (χ0v) is 10.3. The van der Waals surface area contributed by atoms with Crippen LogP contribution < -0.4 is 16.0 Å². The second-order valence-electron chi connectivity index (χ2n) is 3.63. The molecule has 94 valence electrons. The lowest BCUT2D eigenvalue weighted by Gasteiger charge is -2.06. The number of hydrogen-bond donors (Lipinski definition) is 2. The largest absolute Gasteiger partial charge is 0.481 e. The first kappa shape index (κ1) is 12.3. The van der Waals surface area contributed by atoms with Crippen LogP contribution in [0.1, 0.15) is 12.6 Å². The third-order valence-electron chi connectivity index (χ3n) is 2.45. The van der Waals surface area contributed by atoms with Gasteiger partial charge in [0.05, 0.1) is 7.11 Å². The van der Waals surface area contributed by atoms with Crippen LogP contribution >= 0.6 is 0 Å². The fraction of sp³-hybridized carbons (Fsp3) is 0.250. The molecule has 6 heteroatoms. The van der Waals surface area contributed by atoms with Crippen LogP contribution in [0.3, 0.4) is 0 Å². The molecule has 0 aliphatic heterocycles. The molecule has 0 atom stereocenters. The fourth-order valence-electron chi connectivity index (χ4n) is 1.52. The van der Waals surface area contributed by atoms with E-state index in [0.29, 0.717) is 23.2 Å². The summed E-state index contributed by atoms with van der Waals surface area (Å²) in [7, 11) is 1.57. The molecule has 0 unspecified atom stereocenters. The van der Waals surface area contributed by atoms with Crippen LogP contribution in [-0.2, 0) is 6.42 Å². The summed E-state index contributed by atoms with van der Waals surface area (Å²) in [6.45, 7) is 2.02. The number of nitrogens with one attached hydrogen (secondary N) is 1. The average molecular weight is 245 g/mol. The van der Waals surface area contributed by atoms with E-state index in [1.165, 1.54) is 0 Å². The predicted octanol–water partition coefficient (Wildman–Crippen LogP) is 1.40. The van der Waals surface area contributed by atoms with E-state index in [4.69, 9.17) is 10.6 Å². The van der Waals surface area contributed by atoms with Crippen molar-refractivity contribution in [2.75, 3.05) is 12.5 Å². The average Bonchev–Trinajstić information content (AvgIpc) is 2.46. The number of nitrogens with two attached hydrogens (primary N) is 1. The second kappa shape index (κ2) is 5.42. The van der Waals surface area contributed by atoms with Crippen molar-refractivity contribution in [2.24, 2.45) is 5.84 Å².